The van der Waals surface area contributed by atoms with Crippen LogP contribution in [0.4, 0.5) is 5.69 Å². The first kappa shape index (κ1) is 19.4. The lowest BCUT2D eigenvalue weighted by Crippen LogP contribution is -2.25. The number of rotatable bonds is 8. The van der Waals surface area contributed by atoms with Crippen molar-refractivity contribution in [3.63, 3.8) is 0 Å². The highest BCUT2D eigenvalue weighted by Gasteiger charge is 2.17. The van der Waals surface area contributed by atoms with Crippen molar-refractivity contribution in [3.05, 3.63) is 59.7 Å². The van der Waals surface area contributed by atoms with Crippen LogP contribution in [0.2, 0.25) is 0 Å². The molecule has 0 unspecified atom stereocenters. The summed E-state index contributed by atoms with van der Waals surface area (Å²) in [7, 11) is -2.36. The quantitative estimate of drug-likeness (QED) is 0.689. The second-order valence-electron chi connectivity index (χ2n) is 5.39. The van der Waals surface area contributed by atoms with Crippen LogP contribution in [0.5, 0.6) is 0 Å². The average Bonchev–Trinajstić information content (AvgIpc) is 2.65. The van der Waals surface area contributed by atoms with Gasteiger partial charge in [0.1, 0.15) is 6.07 Å². The zero-order chi connectivity index (χ0) is 19.0. The SMILES string of the molecule is COCCCNC(=O)c1cccc(S(=O)(=O)Nc2ccccc2C#N)c1. The number of para-hydroxylation sites is 1. The van der Waals surface area contributed by atoms with Crippen molar-refractivity contribution in [1.29, 1.82) is 5.26 Å². The third-order valence-electron chi connectivity index (χ3n) is 3.51. The molecule has 2 aromatic rings. The number of methoxy groups -OCH3 is 1. The van der Waals surface area contributed by atoms with Crippen LogP contribution in [0.15, 0.2) is 53.4 Å². The summed E-state index contributed by atoms with van der Waals surface area (Å²) < 4.78 is 32.4. The van der Waals surface area contributed by atoms with E-state index in [2.05, 4.69) is 10.0 Å². The highest BCUT2D eigenvalue weighted by Crippen LogP contribution is 2.20. The lowest BCUT2D eigenvalue weighted by Gasteiger charge is -2.11. The molecular formula is C18H19N3O4S. The number of hydrogen-bond donors (Lipinski definition) is 2. The van der Waals surface area contributed by atoms with E-state index in [1.165, 1.54) is 36.4 Å². The smallest absolute Gasteiger partial charge is 0.261 e. The molecule has 0 radical (unpaired) electrons. The average molecular weight is 373 g/mol. The Morgan fingerprint density at radius 1 is 1.19 bits per heavy atom. The minimum absolute atomic E-state index is 0.0604. The summed E-state index contributed by atoms with van der Waals surface area (Å²) in [4.78, 5) is 12.1. The Balaban J connectivity index is 2.17. The molecule has 0 aliphatic heterocycles. The van der Waals surface area contributed by atoms with Crippen molar-refractivity contribution in [3.8, 4) is 6.07 Å². The predicted octanol–water partition coefficient (Wildman–Crippen LogP) is 2.13. The molecule has 1 amide bonds. The third kappa shape index (κ3) is 5.05. The van der Waals surface area contributed by atoms with Gasteiger partial charge in [-0.25, -0.2) is 8.42 Å². The molecule has 0 heterocycles. The molecule has 0 saturated heterocycles. The highest BCUT2D eigenvalue weighted by atomic mass is 32.2. The van der Waals surface area contributed by atoms with Gasteiger partial charge < -0.3 is 10.1 Å². The van der Waals surface area contributed by atoms with E-state index in [0.29, 0.717) is 19.6 Å². The van der Waals surface area contributed by atoms with E-state index in [1.807, 2.05) is 6.07 Å². The van der Waals surface area contributed by atoms with E-state index < -0.39 is 10.0 Å². The number of nitriles is 1. The molecule has 8 heteroatoms. The minimum atomic E-state index is -3.93. The van der Waals surface area contributed by atoms with Crippen LogP contribution in [0.3, 0.4) is 0 Å². The number of anilines is 1. The lowest BCUT2D eigenvalue weighted by atomic mass is 10.2. The summed E-state index contributed by atoms with van der Waals surface area (Å²) in [5.41, 5.74) is 0.631. The number of benzene rings is 2. The number of ether oxygens (including phenoxy) is 1. The van der Waals surface area contributed by atoms with Gasteiger partial charge in [0, 0.05) is 25.8 Å². The monoisotopic (exact) mass is 373 g/mol. The Hall–Kier alpha value is -2.89. The molecule has 136 valence electrons. The van der Waals surface area contributed by atoms with E-state index in [-0.39, 0.29) is 27.6 Å². The summed E-state index contributed by atoms with van der Waals surface area (Å²) in [5.74, 6) is -0.365. The first-order chi connectivity index (χ1) is 12.5. The number of nitrogens with zero attached hydrogens (tertiary/aromatic N) is 1. The van der Waals surface area contributed by atoms with Crippen molar-refractivity contribution in [2.45, 2.75) is 11.3 Å². The Bertz CT molecular complexity index is 920. The van der Waals surface area contributed by atoms with Gasteiger partial charge in [-0.15, -0.1) is 0 Å². The Labute approximate surface area is 152 Å². The second-order valence-corrected chi connectivity index (χ2v) is 7.08. The van der Waals surface area contributed by atoms with Gasteiger partial charge in [-0.05, 0) is 36.8 Å². The van der Waals surface area contributed by atoms with E-state index in [0.717, 1.165) is 0 Å². The standard InChI is InChI=1S/C18H19N3O4S/c1-25-11-5-10-20-18(22)14-7-4-8-16(12-14)26(23,24)21-17-9-3-2-6-15(17)13-19/h2-4,6-9,12,21H,5,10-11H2,1H3,(H,20,22). The van der Waals surface area contributed by atoms with Gasteiger partial charge in [0.2, 0.25) is 0 Å². The summed E-state index contributed by atoms with van der Waals surface area (Å²) in [6.07, 6.45) is 0.659. The largest absolute Gasteiger partial charge is 0.385 e. The molecule has 0 spiro atoms. The van der Waals surface area contributed by atoms with Crippen molar-refractivity contribution in [2.24, 2.45) is 0 Å². The number of hydrogen-bond acceptors (Lipinski definition) is 5. The van der Waals surface area contributed by atoms with Crippen LogP contribution in [0.25, 0.3) is 0 Å². The number of nitrogens with one attached hydrogen (secondary N) is 2. The Morgan fingerprint density at radius 3 is 2.69 bits per heavy atom. The van der Waals surface area contributed by atoms with Gasteiger partial charge in [-0.1, -0.05) is 18.2 Å². The maximum atomic E-state index is 12.6. The summed E-state index contributed by atoms with van der Waals surface area (Å²) in [5, 5.41) is 11.8. The molecule has 0 atom stereocenters. The van der Waals surface area contributed by atoms with Crippen LogP contribution in [0, 0.1) is 11.3 Å². The second kappa shape index (κ2) is 8.99. The fourth-order valence-corrected chi connectivity index (χ4v) is 3.32. The topological polar surface area (TPSA) is 108 Å². The lowest BCUT2D eigenvalue weighted by molar-refractivity contribution is 0.0948. The Kier molecular flexibility index (Phi) is 6.72. The van der Waals surface area contributed by atoms with E-state index in [4.69, 9.17) is 10.00 Å². The number of sulfonamides is 1. The molecule has 0 aliphatic carbocycles. The molecule has 2 rings (SSSR count). The van der Waals surface area contributed by atoms with Gasteiger partial charge in [0.05, 0.1) is 16.1 Å². The maximum absolute atomic E-state index is 12.6. The number of carbonyl (C=O) groups excluding carboxylic acids is 1. The first-order valence-corrected chi connectivity index (χ1v) is 9.35. The molecule has 7 nitrogen and oxygen atoms in total. The zero-order valence-electron chi connectivity index (χ0n) is 14.2. The van der Waals surface area contributed by atoms with E-state index in [1.54, 1.807) is 19.2 Å². The summed E-state index contributed by atoms with van der Waals surface area (Å²) in [6, 6.07) is 13.9. The van der Waals surface area contributed by atoms with Gasteiger partial charge >= 0.3 is 0 Å². The van der Waals surface area contributed by atoms with Crippen LogP contribution >= 0.6 is 0 Å². The molecule has 0 aromatic heterocycles. The fraction of sp³-hybridized carbons (Fsp3) is 0.222. The molecule has 0 fully saturated rings. The van der Waals surface area contributed by atoms with Crippen molar-refractivity contribution < 1.29 is 17.9 Å². The molecule has 0 saturated carbocycles. The number of carbonyl (C=O) groups is 1. The molecule has 26 heavy (non-hydrogen) atoms. The Morgan fingerprint density at radius 2 is 1.96 bits per heavy atom. The number of amides is 1. The molecule has 0 aliphatic rings. The first-order valence-electron chi connectivity index (χ1n) is 7.87. The normalized spacial score (nSPS) is 10.8. The predicted molar refractivity (Wildman–Crippen MR) is 97.2 cm³/mol. The van der Waals surface area contributed by atoms with E-state index >= 15 is 0 Å². The van der Waals surface area contributed by atoms with Crippen LogP contribution < -0.4 is 10.0 Å². The van der Waals surface area contributed by atoms with Crippen LogP contribution in [-0.4, -0.2) is 34.6 Å². The third-order valence-corrected chi connectivity index (χ3v) is 4.87. The zero-order valence-corrected chi connectivity index (χ0v) is 15.0. The van der Waals surface area contributed by atoms with Crippen LogP contribution in [-0.2, 0) is 14.8 Å². The van der Waals surface area contributed by atoms with Crippen molar-refractivity contribution in [2.75, 3.05) is 25.0 Å². The van der Waals surface area contributed by atoms with E-state index in [9.17, 15) is 13.2 Å². The van der Waals surface area contributed by atoms with Crippen molar-refractivity contribution in [1.82, 2.24) is 5.32 Å². The van der Waals surface area contributed by atoms with Gasteiger partial charge in [0.15, 0.2) is 0 Å². The van der Waals surface area contributed by atoms with Crippen LogP contribution in [0.1, 0.15) is 22.3 Å². The molecule has 0 bridgehead atoms. The van der Waals surface area contributed by atoms with Crippen molar-refractivity contribution >= 4 is 21.6 Å². The maximum Gasteiger partial charge on any atom is 0.261 e. The summed E-state index contributed by atoms with van der Waals surface area (Å²) >= 11 is 0. The summed E-state index contributed by atoms with van der Waals surface area (Å²) in [6.45, 7) is 0.953. The molecular weight excluding hydrogens is 354 g/mol. The molecule has 2 aromatic carbocycles. The minimum Gasteiger partial charge on any atom is -0.385 e. The fourth-order valence-electron chi connectivity index (χ4n) is 2.20. The highest BCUT2D eigenvalue weighted by molar-refractivity contribution is 7.92. The van der Waals surface area contributed by atoms with Gasteiger partial charge in [0.25, 0.3) is 15.9 Å². The molecule has 2 N–H and O–H groups in total. The van der Waals surface area contributed by atoms with Gasteiger partial charge in [-0.3, -0.25) is 9.52 Å². The van der Waals surface area contributed by atoms with Gasteiger partial charge in [-0.2, -0.15) is 5.26 Å².